The number of amides is 3. The third-order valence-electron chi connectivity index (χ3n) is 3.30. The minimum absolute atomic E-state index is 0.0736. The van der Waals surface area contributed by atoms with Crippen molar-refractivity contribution in [2.45, 2.75) is 6.54 Å². The Kier molecular flexibility index (Phi) is 4.46. The van der Waals surface area contributed by atoms with Crippen LogP contribution in [0.15, 0.2) is 53.3 Å². The van der Waals surface area contributed by atoms with Crippen molar-refractivity contribution in [2.24, 2.45) is 0 Å². The van der Waals surface area contributed by atoms with Gasteiger partial charge in [-0.3, -0.25) is 14.9 Å². The molecule has 0 saturated carbocycles. The fourth-order valence-electron chi connectivity index (χ4n) is 2.15. The molecule has 0 aliphatic carbocycles. The molecule has 9 heteroatoms. The van der Waals surface area contributed by atoms with Crippen LogP contribution in [0.4, 0.5) is 14.9 Å². The first-order valence-electron chi connectivity index (χ1n) is 7.22. The number of nitrogens with one attached hydrogen (secondary N) is 2. The van der Waals surface area contributed by atoms with E-state index in [9.17, 15) is 18.8 Å². The number of hydrogen-bond acceptors (Lipinski definition) is 5. The number of nitrogens with zero attached hydrogens (tertiary/aromatic N) is 3. The number of benzene rings is 2. The molecule has 0 aliphatic heterocycles. The van der Waals surface area contributed by atoms with E-state index in [4.69, 9.17) is 0 Å². The highest BCUT2D eigenvalue weighted by atomic mass is 19.1. The summed E-state index contributed by atoms with van der Waals surface area (Å²) in [5, 5.41) is 12.0. The molecule has 0 radical (unpaired) electrons. The maximum absolute atomic E-state index is 13.4. The lowest BCUT2D eigenvalue weighted by Gasteiger charge is -2.08. The van der Waals surface area contributed by atoms with E-state index in [1.54, 1.807) is 24.3 Å². The molecule has 8 nitrogen and oxygen atoms in total. The van der Waals surface area contributed by atoms with Crippen molar-refractivity contribution >= 4 is 28.5 Å². The molecule has 0 saturated heterocycles. The fourth-order valence-corrected chi connectivity index (χ4v) is 2.15. The van der Waals surface area contributed by atoms with Gasteiger partial charge in [-0.1, -0.05) is 29.5 Å². The lowest BCUT2D eigenvalue weighted by Crippen LogP contribution is -2.39. The Morgan fingerprint density at radius 3 is 2.60 bits per heavy atom. The number of fused-ring (bicyclic) bond motifs is 1. The number of anilines is 1. The molecular formula is C16H12FN5O3. The van der Waals surface area contributed by atoms with Gasteiger partial charge in [0.1, 0.15) is 17.9 Å². The van der Waals surface area contributed by atoms with Crippen LogP contribution in [-0.4, -0.2) is 26.9 Å². The summed E-state index contributed by atoms with van der Waals surface area (Å²) in [6.45, 7) is -0.499. The van der Waals surface area contributed by atoms with Crippen LogP contribution in [-0.2, 0) is 11.3 Å². The zero-order valence-electron chi connectivity index (χ0n) is 12.8. The third kappa shape index (κ3) is 3.66. The van der Waals surface area contributed by atoms with Crippen LogP contribution in [0, 0.1) is 5.82 Å². The predicted molar refractivity (Wildman–Crippen MR) is 87.4 cm³/mol. The predicted octanol–water partition coefficient (Wildman–Crippen LogP) is 1.28. The SMILES string of the molecule is O=C(Cn1nnc2ccccc2c1=O)NC(=O)Nc1ccccc1F. The molecule has 0 fully saturated rings. The summed E-state index contributed by atoms with van der Waals surface area (Å²) in [6.07, 6.45) is 0. The summed E-state index contributed by atoms with van der Waals surface area (Å²) >= 11 is 0. The van der Waals surface area contributed by atoms with Crippen LogP contribution in [0.5, 0.6) is 0 Å². The van der Waals surface area contributed by atoms with E-state index in [2.05, 4.69) is 15.6 Å². The van der Waals surface area contributed by atoms with Gasteiger partial charge in [-0.05, 0) is 24.3 Å². The van der Waals surface area contributed by atoms with Crippen LogP contribution in [0.3, 0.4) is 0 Å². The van der Waals surface area contributed by atoms with Crippen LogP contribution in [0.25, 0.3) is 10.9 Å². The lowest BCUT2D eigenvalue weighted by molar-refractivity contribution is -0.120. The summed E-state index contributed by atoms with van der Waals surface area (Å²) < 4.78 is 14.3. The van der Waals surface area contributed by atoms with E-state index < -0.39 is 29.9 Å². The van der Waals surface area contributed by atoms with Crippen molar-refractivity contribution in [3.63, 3.8) is 0 Å². The molecular weight excluding hydrogens is 329 g/mol. The number of rotatable bonds is 3. The van der Waals surface area contributed by atoms with Gasteiger partial charge in [-0.25, -0.2) is 13.9 Å². The first-order chi connectivity index (χ1) is 12.0. The van der Waals surface area contributed by atoms with Gasteiger partial charge in [0.15, 0.2) is 0 Å². The van der Waals surface area contributed by atoms with Gasteiger partial charge in [-0.2, -0.15) is 0 Å². The Balaban J connectivity index is 1.68. The second kappa shape index (κ2) is 6.87. The number of hydrogen-bond donors (Lipinski definition) is 2. The highest BCUT2D eigenvalue weighted by molar-refractivity contribution is 6.01. The molecule has 2 N–H and O–H groups in total. The van der Waals surface area contributed by atoms with Crippen molar-refractivity contribution < 1.29 is 14.0 Å². The molecule has 3 rings (SSSR count). The van der Waals surface area contributed by atoms with E-state index >= 15 is 0 Å². The van der Waals surface area contributed by atoms with E-state index in [-0.39, 0.29) is 5.69 Å². The fraction of sp³-hybridized carbons (Fsp3) is 0.0625. The van der Waals surface area contributed by atoms with Crippen LogP contribution in [0.2, 0.25) is 0 Å². The lowest BCUT2D eigenvalue weighted by atomic mass is 10.2. The second-order valence-electron chi connectivity index (χ2n) is 5.05. The summed E-state index contributed by atoms with van der Waals surface area (Å²) in [7, 11) is 0. The summed E-state index contributed by atoms with van der Waals surface area (Å²) in [5.41, 5.74) is -0.174. The Labute approximate surface area is 140 Å². The maximum Gasteiger partial charge on any atom is 0.326 e. The van der Waals surface area contributed by atoms with Crippen LogP contribution >= 0.6 is 0 Å². The van der Waals surface area contributed by atoms with E-state index in [0.29, 0.717) is 10.9 Å². The minimum atomic E-state index is -0.920. The van der Waals surface area contributed by atoms with Crippen molar-refractivity contribution in [3.05, 3.63) is 64.7 Å². The van der Waals surface area contributed by atoms with E-state index in [0.717, 1.165) is 4.68 Å². The number of aromatic nitrogens is 3. The van der Waals surface area contributed by atoms with Gasteiger partial charge < -0.3 is 5.32 Å². The number of imide groups is 1. The van der Waals surface area contributed by atoms with Crippen molar-refractivity contribution in [2.75, 3.05) is 5.32 Å². The summed E-state index contributed by atoms with van der Waals surface area (Å²) in [5.74, 6) is -1.43. The number of para-hydroxylation sites is 1. The quantitative estimate of drug-likeness (QED) is 0.746. The molecule has 0 unspecified atom stereocenters. The Morgan fingerprint density at radius 2 is 1.80 bits per heavy atom. The number of urea groups is 1. The second-order valence-corrected chi connectivity index (χ2v) is 5.05. The molecule has 2 aromatic carbocycles. The van der Waals surface area contributed by atoms with Crippen LogP contribution in [0.1, 0.15) is 0 Å². The molecule has 1 aromatic heterocycles. The summed E-state index contributed by atoms with van der Waals surface area (Å²) in [6, 6.07) is 11.1. The molecule has 0 atom stereocenters. The molecule has 0 spiro atoms. The first kappa shape index (κ1) is 16.2. The Morgan fingerprint density at radius 1 is 1.08 bits per heavy atom. The third-order valence-corrected chi connectivity index (χ3v) is 3.30. The normalized spacial score (nSPS) is 10.4. The average molecular weight is 341 g/mol. The standard InChI is InChI=1S/C16H12FN5O3/c17-11-6-2-4-8-13(11)18-16(25)19-14(23)9-22-15(24)10-5-1-3-7-12(10)20-21-22/h1-8H,9H2,(H2,18,19,23,25). The van der Waals surface area contributed by atoms with E-state index in [1.165, 1.54) is 24.3 Å². The largest absolute Gasteiger partial charge is 0.326 e. The monoisotopic (exact) mass is 341 g/mol. The van der Waals surface area contributed by atoms with Gasteiger partial charge in [0.05, 0.1) is 11.1 Å². The molecule has 3 amide bonds. The zero-order chi connectivity index (χ0) is 17.8. The number of carbonyl (C=O) groups excluding carboxylic acids is 2. The highest BCUT2D eigenvalue weighted by Crippen LogP contribution is 2.11. The molecule has 25 heavy (non-hydrogen) atoms. The van der Waals surface area contributed by atoms with Gasteiger partial charge >= 0.3 is 6.03 Å². The topological polar surface area (TPSA) is 106 Å². The van der Waals surface area contributed by atoms with Crippen molar-refractivity contribution in [3.8, 4) is 0 Å². The van der Waals surface area contributed by atoms with Gasteiger partial charge in [0, 0.05) is 0 Å². The van der Waals surface area contributed by atoms with Crippen LogP contribution < -0.4 is 16.2 Å². The highest BCUT2D eigenvalue weighted by Gasteiger charge is 2.13. The smallest absolute Gasteiger partial charge is 0.305 e. The van der Waals surface area contributed by atoms with Crippen molar-refractivity contribution in [1.82, 2.24) is 20.3 Å². The van der Waals surface area contributed by atoms with Gasteiger partial charge in [-0.15, -0.1) is 5.10 Å². The first-order valence-corrected chi connectivity index (χ1v) is 7.22. The number of halogens is 1. The van der Waals surface area contributed by atoms with Gasteiger partial charge in [0.2, 0.25) is 5.91 Å². The average Bonchev–Trinajstić information content (AvgIpc) is 2.59. The minimum Gasteiger partial charge on any atom is -0.305 e. The molecule has 1 heterocycles. The Bertz CT molecular complexity index is 1020. The van der Waals surface area contributed by atoms with Crippen molar-refractivity contribution in [1.29, 1.82) is 0 Å². The van der Waals surface area contributed by atoms with E-state index in [1.807, 2.05) is 5.32 Å². The van der Waals surface area contributed by atoms with Gasteiger partial charge in [0.25, 0.3) is 5.56 Å². The molecule has 0 bridgehead atoms. The number of carbonyl (C=O) groups is 2. The molecule has 0 aliphatic rings. The Hall–Kier alpha value is -3.62. The summed E-state index contributed by atoms with van der Waals surface area (Å²) in [4.78, 5) is 35.8. The zero-order valence-corrected chi connectivity index (χ0v) is 12.8. The molecule has 126 valence electrons. The molecule has 3 aromatic rings. The maximum atomic E-state index is 13.4.